The fourth-order valence-corrected chi connectivity index (χ4v) is 1.48. The number of hydrogen-bond donors (Lipinski definition) is 1. The van der Waals surface area contributed by atoms with Crippen molar-refractivity contribution >= 4 is 23.8 Å². The van der Waals surface area contributed by atoms with E-state index in [-0.39, 0.29) is 18.1 Å². The Morgan fingerprint density at radius 3 is 2.83 bits per heavy atom. The van der Waals surface area contributed by atoms with Gasteiger partial charge in [0.05, 0.1) is 10.6 Å². The van der Waals surface area contributed by atoms with Crippen LogP contribution in [0.25, 0.3) is 0 Å². The minimum atomic E-state index is -0.222. The minimum Gasteiger partial charge on any atom is -0.483 e. The Hall–Kier alpha value is -1.55. The van der Waals surface area contributed by atoms with Gasteiger partial charge in [0, 0.05) is 6.54 Å². The molecule has 98 valence electrons. The largest absolute Gasteiger partial charge is 0.483 e. The lowest BCUT2D eigenvalue weighted by molar-refractivity contribution is -0.123. The van der Waals surface area contributed by atoms with Crippen LogP contribution in [0.2, 0.25) is 5.02 Å². The first kappa shape index (κ1) is 14.5. The molecule has 0 saturated heterocycles. The maximum atomic E-state index is 11.4. The molecular weight excluding hydrogens is 254 g/mol. The fraction of sp³-hybridized carbons (Fsp3) is 0.385. The van der Waals surface area contributed by atoms with E-state index in [0.29, 0.717) is 29.5 Å². The molecule has 0 saturated carbocycles. The van der Waals surface area contributed by atoms with Gasteiger partial charge in [-0.15, -0.1) is 0 Å². The topological polar surface area (TPSA) is 55.4 Å². The molecule has 4 nitrogen and oxygen atoms in total. The molecule has 0 aliphatic rings. The molecule has 1 rings (SSSR count). The summed E-state index contributed by atoms with van der Waals surface area (Å²) in [5, 5.41) is 3.03. The van der Waals surface area contributed by atoms with Gasteiger partial charge in [0.15, 0.2) is 12.9 Å². The van der Waals surface area contributed by atoms with E-state index >= 15 is 0 Å². The lowest BCUT2D eigenvalue weighted by Crippen LogP contribution is -2.31. The van der Waals surface area contributed by atoms with Gasteiger partial charge in [0.1, 0.15) is 5.75 Å². The molecule has 5 heteroatoms. The number of amides is 1. The second-order valence-corrected chi connectivity index (χ2v) is 4.66. The average Bonchev–Trinajstić information content (AvgIpc) is 2.33. The maximum Gasteiger partial charge on any atom is 0.257 e. The van der Waals surface area contributed by atoms with Gasteiger partial charge < -0.3 is 10.1 Å². The van der Waals surface area contributed by atoms with Crippen LogP contribution >= 0.6 is 11.6 Å². The molecule has 0 aliphatic carbocycles. The number of aldehydes is 1. The minimum absolute atomic E-state index is 0.131. The Kier molecular flexibility index (Phi) is 5.65. The van der Waals surface area contributed by atoms with E-state index < -0.39 is 0 Å². The number of benzene rings is 1. The van der Waals surface area contributed by atoms with Crippen molar-refractivity contribution in [1.29, 1.82) is 0 Å². The van der Waals surface area contributed by atoms with Crippen molar-refractivity contribution in [2.75, 3.05) is 13.2 Å². The Morgan fingerprint density at radius 2 is 2.22 bits per heavy atom. The lowest BCUT2D eigenvalue weighted by atomic mass is 10.2. The third-order valence-corrected chi connectivity index (χ3v) is 2.53. The molecule has 0 unspecified atom stereocenters. The predicted molar refractivity (Wildman–Crippen MR) is 70.2 cm³/mol. The van der Waals surface area contributed by atoms with E-state index in [0.717, 1.165) is 0 Å². The van der Waals surface area contributed by atoms with E-state index in [1.54, 1.807) is 18.2 Å². The number of ether oxygens (including phenoxy) is 1. The van der Waals surface area contributed by atoms with Crippen LogP contribution in [-0.2, 0) is 4.79 Å². The standard InChI is InChI=1S/C13H16ClNO3/c1-9(2)6-15-13(17)8-18-12-5-3-4-11(14)10(12)7-16/h3-5,7,9H,6,8H2,1-2H3,(H,15,17). The molecule has 0 aliphatic heterocycles. The first-order valence-electron chi connectivity index (χ1n) is 5.67. The van der Waals surface area contributed by atoms with Crippen molar-refractivity contribution in [1.82, 2.24) is 5.32 Å². The molecule has 18 heavy (non-hydrogen) atoms. The highest BCUT2D eigenvalue weighted by Crippen LogP contribution is 2.24. The smallest absolute Gasteiger partial charge is 0.257 e. The number of halogens is 1. The highest BCUT2D eigenvalue weighted by molar-refractivity contribution is 6.33. The summed E-state index contributed by atoms with van der Waals surface area (Å²) < 4.78 is 5.28. The van der Waals surface area contributed by atoms with Gasteiger partial charge in [-0.05, 0) is 18.1 Å². The Labute approximate surface area is 111 Å². The molecule has 1 aromatic carbocycles. The number of carbonyl (C=O) groups excluding carboxylic acids is 2. The molecule has 1 aromatic rings. The molecule has 0 aromatic heterocycles. The number of hydrogen-bond acceptors (Lipinski definition) is 3. The third-order valence-electron chi connectivity index (χ3n) is 2.20. The summed E-state index contributed by atoms with van der Waals surface area (Å²) in [6, 6.07) is 4.86. The average molecular weight is 270 g/mol. The summed E-state index contributed by atoms with van der Waals surface area (Å²) in [7, 11) is 0. The normalized spacial score (nSPS) is 10.2. The van der Waals surface area contributed by atoms with Crippen molar-refractivity contribution in [2.45, 2.75) is 13.8 Å². The summed E-state index contributed by atoms with van der Waals surface area (Å²) in [6.07, 6.45) is 0.615. The van der Waals surface area contributed by atoms with Crippen LogP contribution in [-0.4, -0.2) is 25.3 Å². The molecule has 1 N–H and O–H groups in total. The second kappa shape index (κ2) is 7.01. The molecule has 1 amide bonds. The summed E-state index contributed by atoms with van der Waals surface area (Å²) in [6.45, 7) is 4.47. The zero-order valence-corrected chi connectivity index (χ0v) is 11.2. The summed E-state index contributed by atoms with van der Waals surface area (Å²) in [4.78, 5) is 22.3. The van der Waals surface area contributed by atoms with Gasteiger partial charge in [-0.3, -0.25) is 9.59 Å². The van der Waals surface area contributed by atoms with Gasteiger partial charge >= 0.3 is 0 Å². The van der Waals surface area contributed by atoms with Crippen LogP contribution in [0.5, 0.6) is 5.75 Å². The molecule has 0 atom stereocenters. The van der Waals surface area contributed by atoms with Crippen molar-refractivity contribution in [3.63, 3.8) is 0 Å². The number of nitrogens with one attached hydrogen (secondary N) is 1. The van der Waals surface area contributed by atoms with Gasteiger partial charge in [0.2, 0.25) is 0 Å². The van der Waals surface area contributed by atoms with Gasteiger partial charge in [-0.2, -0.15) is 0 Å². The quantitative estimate of drug-likeness (QED) is 0.806. The van der Waals surface area contributed by atoms with Gasteiger partial charge in [0.25, 0.3) is 5.91 Å². The number of rotatable bonds is 6. The first-order chi connectivity index (χ1) is 8.54. The Bertz CT molecular complexity index is 432. The number of carbonyl (C=O) groups is 2. The van der Waals surface area contributed by atoms with Crippen molar-refractivity contribution in [3.8, 4) is 5.75 Å². The molecule has 0 radical (unpaired) electrons. The molecule has 0 spiro atoms. The van der Waals surface area contributed by atoms with E-state index in [1.807, 2.05) is 13.8 Å². The summed E-state index contributed by atoms with van der Waals surface area (Å²) in [5.74, 6) is 0.475. The molecule has 0 fully saturated rings. The van der Waals surface area contributed by atoms with Crippen molar-refractivity contribution in [2.24, 2.45) is 5.92 Å². The predicted octanol–water partition coefficient (Wildman–Crippen LogP) is 2.30. The van der Waals surface area contributed by atoms with E-state index in [9.17, 15) is 9.59 Å². The monoisotopic (exact) mass is 269 g/mol. The van der Waals surface area contributed by atoms with E-state index in [4.69, 9.17) is 16.3 Å². The Morgan fingerprint density at radius 1 is 1.50 bits per heavy atom. The molecular formula is C13H16ClNO3. The summed E-state index contributed by atoms with van der Waals surface area (Å²) in [5.41, 5.74) is 0.260. The van der Waals surface area contributed by atoms with E-state index in [2.05, 4.69) is 5.32 Å². The SMILES string of the molecule is CC(C)CNC(=O)COc1cccc(Cl)c1C=O. The van der Waals surface area contributed by atoms with E-state index in [1.165, 1.54) is 0 Å². The molecule has 0 heterocycles. The van der Waals surface area contributed by atoms with Crippen LogP contribution in [0.15, 0.2) is 18.2 Å². The van der Waals surface area contributed by atoms with Gasteiger partial charge in [-0.1, -0.05) is 31.5 Å². The van der Waals surface area contributed by atoms with Crippen LogP contribution < -0.4 is 10.1 Å². The zero-order valence-electron chi connectivity index (χ0n) is 10.4. The molecule has 0 bridgehead atoms. The van der Waals surface area contributed by atoms with Gasteiger partial charge in [-0.25, -0.2) is 0 Å². The highest BCUT2D eigenvalue weighted by Gasteiger charge is 2.09. The first-order valence-corrected chi connectivity index (χ1v) is 6.05. The maximum absolute atomic E-state index is 11.4. The van der Waals surface area contributed by atoms with Crippen LogP contribution in [0.3, 0.4) is 0 Å². The third kappa shape index (κ3) is 4.37. The summed E-state index contributed by atoms with van der Waals surface area (Å²) >= 11 is 5.84. The highest BCUT2D eigenvalue weighted by atomic mass is 35.5. The van der Waals surface area contributed by atoms with Crippen LogP contribution in [0.1, 0.15) is 24.2 Å². The second-order valence-electron chi connectivity index (χ2n) is 4.26. The fourth-order valence-electron chi connectivity index (χ4n) is 1.27. The van der Waals surface area contributed by atoms with Crippen molar-refractivity contribution < 1.29 is 14.3 Å². The zero-order chi connectivity index (χ0) is 13.5. The Balaban J connectivity index is 2.56. The van der Waals surface area contributed by atoms with Crippen molar-refractivity contribution in [3.05, 3.63) is 28.8 Å². The van der Waals surface area contributed by atoms with Crippen LogP contribution in [0.4, 0.5) is 0 Å². The lowest BCUT2D eigenvalue weighted by Gasteiger charge is -2.10. The van der Waals surface area contributed by atoms with Crippen LogP contribution in [0, 0.1) is 5.92 Å².